The topological polar surface area (TPSA) is 64.0 Å². The molecule has 1 amide bonds. The SMILES string of the molecule is CN(C)c1cccc(C(=O)N(CCO)CCO)c1. The van der Waals surface area contributed by atoms with Gasteiger partial charge >= 0.3 is 0 Å². The number of hydrogen-bond donors (Lipinski definition) is 2. The molecule has 1 rings (SSSR count). The number of carbonyl (C=O) groups is 1. The van der Waals surface area contributed by atoms with Gasteiger partial charge in [0.15, 0.2) is 0 Å². The molecule has 5 heteroatoms. The fourth-order valence-electron chi connectivity index (χ4n) is 1.66. The molecule has 0 heterocycles. The standard InChI is InChI=1S/C13H20N2O3/c1-14(2)12-5-3-4-11(10-12)13(18)15(6-8-16)7-9-17/h3-5,10,16-17H,6-9H2,1-2H3. The maximum atomic E-state index is 12.2. The Morgan fingerprint density at radius 1 is 1.17 bits per heavy atom. The maximum absolute atomic E-state index is 12.2. The first-order valence-electron chi connectivity index (χ1n) is 5.88. The van der Waals surface area contributed by atoms with Crippen LogP contribution in [0, 0.1) is 0 Å². The number of benzene rings is 1. The van der Waals surface area contributed by atoms with E-state index in [2.05, 4.69) is 0 Å². The van der Waals surface area contributed by atoms with Gasteiger partial charge in [0.25, 0.3) is 5.91 Å². The zero-order chi connectivity index (χ0) is 13.5. The van der Waals surface area contributed by atoms with Crippen LogP contribution in [-0.4, -0.2) is 61.4 Å². The summed E-state index contributed by atoms with van der Waals surface area (Å²) in [6, 6.07) is 7.26. The Labute approximate surface area is 107 Å². The first-order valence-corrected chi connectivity index (χ1v) is 5.88. The van der Waals surface area contributed by atoms with E-state index >= 15 is 0 Å². The molecule has 0 radical (unpaired) electrons. The van der Waals surface area contributed by atoms with Crippen molar-refractivity contribution in [1.29, 1.82) is 0 Å². The Balaban J connectivity index is 2.90. The second kappa shape index (κ2) is 6.98. The average molecular weight is 252 g/mol. The monoisotopic (exact) mass is 252 g/mol. The second-order valence-electron chi connectivity index (χ2n) is 4.18. The van der Waals surface area contributed by atoms with Crippen molar-refractivity contribution in [3.05, 3.63) is 29.8 Å². The van der Waals surface area contributed by atoms with Gasteiger partial charge in [-0.25, -0.2) is 0 Å². The van der Waals surface area contributed by atoms with Gasteiger partial charge in [0.2, 0.25) is 0 Å². The fraction of sp³-hybridized carbons (Fsp3) is 0.462. The highest BCUT2D eigenvalue weighted by atomic mass is 16.3. The first kappa shape index (κ1) is 14.5. The van der Waals surface area contributed by atoms with Crippen molar-refractivity contribution in [3.63, 3.8) is 0 Å². The smallest absolute Gasteiger partial charge is 0.254 e. The van der Waals surface area contributed by atoms with Crippen LogP contribution in [0.1, 0.15) is 10.4 Å². The van der Waals surface area contributed by atoms with Crippen LogP contribution >= 0.6 is 0 Å². The van der Waals surface area contributed by atoms with Gasteiger partial charge in [-0.15, -0.1) is 0 Å². The van der Waals surface area contributed by atoms with E-state index in [1.165, 1.54) is 4.90 Å². The van der Waals surface area contributed by atoms with E-state index in [4.69, 9.17) is 10.2 Å². The molecule has 0 fully saturated rings. The first-order chi connectivity index (χ1) is 8.60. The summed E-state index contributed by atoms with van der Waals surface area (Å²) in [6.07, 6.45) is 0. The number of amides is 1. The van der Waals surface area contributed by atoms with Crippen molar-refractivity contribution in [2.75, 3.05) is 45.3 Å². The average Bonchev–Trinajstić information content (AvgIpc) is 2.38. The summed E-state index contributed by atoms with van der Waals surface area (Å²) in [6.45, 7) is 0.232. The quantitative estimate of drug-likeness (QED) is 0.758. The van der Waals surface area contributed by atoms with Crippen molar-refractivity contribution >= 4 is 11.6 Å². The molecule has 2 N–H and O–H groups in total. The van der Waals surface area contributed by atoms with E-state index in [1.54, 1.807) is 12.1 Å². The van der Waals surface area contributed by atoms with E-state index in [0.717, 1.165) is 5.69 Å². The molecular weight excluding hydrogens is 232 g/mol. The van der Waals surface area contributed by atoms with Crippen LogP contribution in [0.15, 0.2) is 24.3 Å². The normalized spacial score (nSPS) is 10.2. The van der Waals surface area contributed by atoms with E-state index in [-0.39, 0.29) is 32.2 Å². The molecule has 0 saturated heterocycles. The van der Waals surface area contributed by atoms with Crippen LogP contribution in [0.25, 0.3) is 0 Å². The van der Waals surface area contributed by atoms with Gasteiger partial charge in [-0.1, -0.05) is 6.07 Å². The van der Waals surface area contributed by atoms with Crippen LogP contribution in [0.2, 0.25) is 0 Å². The zero-order valence-electron chi connectivity index (χ0n) is 10.8. The number of aliphatic hydroxyl groups excluding tert-OH is 2. The predicted molar refractivity (Wildman–Crippen MR) is 70.8 cm³/mol. The number of anilines is 1. The van der Waals surface area contributed by atoms with Crippen LogP contribution in [-0.2, 0) is 0 Å². The lowest BCUT2D eigenvalue weighted by Crippen LogP contribution is -2.35. The molecule has 18 heavy (non-hydrogen) atoms. The third-order valence-electron chi connectivity index (χ3n) is 2.64. The highest BCUT2D eigenvalue weighted by Gasteiger charge is 2.15. The van der Waals surface area contributed by atoms with Crippen molar-refractivity contribution < 1.29 is 15.0 Å². The highest BCUT2D eigenvalue weighted by molar-refractivity contribution is 5.95. The summed E-state index contributed by atoms with van der Waals surface area (Å²) in [5.74, 6) is -0.179. The van der Waals surface area contributed by atoms with E-state index in [0.29, 0.717) is 5.56 Å². The Morgan fingerprint density at radius 3 is 2.28 bits per heavy atom. The number of carbonyl (C=O) groups excluding carboxylic acids is 1. The van der Waals surface area contributed by atoms with Gasteiger partial charge in [-0.05, 0) is 18.2 Å². The van der Waals surface area contributed by atoms with Crippen LogP contribution in [0.4, 0.5) is 5.69 Å². The van der Waals surface area contributed by atoms with E-state index < -0.39 is 0 Å². The third kappa shape index (κ3) is 3.72. The Hall–Kier alpha value is -1.59. The Bertz CT molecular complexity index is 388. The highest BCUT2D eigenvalue weighted by Crippen LogP contribution is 2.15. The molecular formula is C13H20N2O3. The number of hydrogen-bond acceptors (Lipinski definition) is 4. The summed E-state index contributed by atoms with van der Waals surface area (Å²) in [7, 11) is 3.81. The van der Waals surface area contributed by atoms with Gasteiger partial charge in [0.05, 0.1) is 13.2 Å². The minimum atomic E-state index is -0.179. The van der Waals surface area contributed by atoms with Gasteiger partial charge in [0.1, 0.15) is 0 Å². The van der Waals surface area contributed by atoms with Gasteiger partial charge in [-0.2, -0.15) is 0 Å². The molecule has 0 unspecified atom stereocenters. The van der Waals surface area contributed by atoms with Crippen molar-refractivity contribution in [2.45, 2.75) is 0 Å². The minimum Gasteiger partial charge on any atom is -0.395 e. The summed E-state index contributed by atoms with van der Waals surface area (Å²) >= 11 is 0. The fourth-order valence-corrected chi connectivity index (χ4v) is 1.66. The van der Waals surface area contributed by atoms with Crippen molar-refractivity contribution in [1.82, 2.24) is 4.90 Å². The summed E-state index contributed by atoms with van der Waals surface area (Å²) in [5.41, 5.74) is 1.50. The van der Waals surface area contributed by atoms with Crippen LogP contribution < -0.4 is 4.90 Å². The molecule has 5 nitrogen and oxygen atoms in total. The lowest BCUT2D eigenvalue weighted by atomic mass is 10.1. The lowest BCUT2D eigenvalue weighted by Gasteiger charge is -2.21. The molecule has 1 aromatic carbocycles. The summed E-state index contributed by atoms with van der Waals surface area (Å²) in [5, 5.41) is 17.8. The third-order valence-corrected chi connectivity index (χ3v) is 2.64. The molecule has 1 aromatic rings. The van der Waals surface area contributed by atoms with Gasteiger partial charge in [-0.3, -0.25) is 4.79 Å². The largest absolute Gasteiger partial charge is 0.395 e. The Morgan fingerprint density at radius 2 is 1.78 bits per heavy atom. The Kier molecular flexibility index (Phi) is 5.61. The van der Waals surface area contributed by atoms with E-state index in [1.807, 2.05) is 31.1 Å². The lowest BCUT2D eigenvalue weighted by molar-refractivity contribution is 0.0685. The molecule has 0 aliphatic carbocycles. The second-order valence-corrected chi connectivity index (χ2v) is 4.18. The molecule has 0 atom stereocenters. The molecule has 0 aliphatic rings. The van der Waals surface area contributed by atoms with Gasteiger partial charge in [0, 0.05) is 38.4 Å². The molecule has 100 valence electrons. The van der Waals surface area contributed by atoms with Crippen molar-refractivity contribution in [2.24, 2.45) is 0 Å². The summed E-state index contributed by atoms with van der Waals surface area (Å²) in [4.78, 5) is 15.5. The molecule has 0 aromatic heterocycles. The number of nitrogens with zero attached hydrogens (tertiary/aromatic N) is 2. The predicted octanol–water partition coefficient (Wildman–Crippen LogP) is 0.179. The molecule has 0 saturated carbocycles. The molecule has 0 bridgehead atoms. The zero-order valence-corrected chi connectivity index (χ0v) is 10.8. The van der Waals surface area contributed by atoms with Crippen LogP contribution in [0.3, 0.4) is 0 Å². The van der Waals surface area contributed by atoms with Crippen LogP contribution in [0.5, 0.6) is 0 Å². The summed E-state index contributed by atoms with van der Waals surface area (Å²) < 4.78 is 0. The molecule has 0 spiro atoms. The number of aliphatic hydroxyl groups is 2. The number of rotatable bonds is 6. The maximum Gasteiger partial charge on any atom is 0.254 e. The van der Waals surface area contributed by atoms with Crippen molar-refractivity contribution in [3.8, 4) is 0 Å². The molecule has 0 aliphatic heterocycles. The van der Waals surface area contributed by atoms with E-state index in [9.17, 15) is 4.79 Å². The van der Waals surface area contributed by atoms with Gasteiger partial charge < -0.3 is 20.0 Å². The minimum absolute atomic E-state index is 0.112.